The maximum Gasteiger partial charge on any atom is 0.407 e. The van der Waals surface area contributed by atoms with Gasteiger partial charge >= 0.3 is 6.09 Å². The Morgan fingerprint density at radius 1 is 1.46 bits per heavy atom. The third-order valence-electron chi connectivity index (χ3n) is 2.88. The van der Waals surface area contributed by atoms with Gasteiger partial charge < -0.3 is 26.0 Å². The maximum atomic E-state index is 13.8. The fraction of sp³-hybridized carbons (Fsp3) is 0.500. The van der Waals surface area contributed by atoms with Crippen LogP contribution in [0.4, 0.5) is 20.6 Å². The molecule has 5 N–H and O–H groups in total. The molecule has 10 heteroatoms. The van der Waals surface area contributed by atoms with Crippen molar-refractivity contribution in [1.29, 1.82) is 0 Å². The number of nitro benzene ring substituents is 1. The van der Waals surface area contributed by atoms with Crippen LogP contribution in [0.15, 0.2) is 12.1 Å². The molecule has 0 aliphatic heterocycles. The minimum Gasteiger partial charge on any atom is -0.444 e. The molecule has 0 aromatic heterocycles. The number of alkyl carbamates (subject to hydrolysis) is 1. The highest BCUT2D eigenvalue weighted by Gasteiger charge is 2.27. The van der Waals surface area contributed by atoms with E-state index in [1.165, 1.54) is 0 Å². The van der Waals surface area contributed by atoms with E-state index in [2.05, 4.69) is 5.32 Å². The molecule has 0 saturated heterocycles. The molecule has 0 saturated carbocycles. The van der Waals surface area contributed by atoms with E-state index in [0.717, 1.165) is 6.07 Å². The number of aliphatic hydroxyl groups is 2. The van der Waals surface area contributed by atoms with Crippen molar-refractivity contribution < 1.29 is 29.1 Å². The molecule has 0 aliphatic carbocycles. The second kappa shape index (κ2) is 7.41. The van der Waals surface area contributed by atoms with E-state index < -0.39 is 58.1 Å². The largest absolute Gasteiger partial charge is 0.444 e. The highest BCUT2D eigenvalue weighted by Crippen LogP contribution is 2.29. The molecule has 24 heavy (non-hydrogen) atoms. The smallest absolute Gasteiger partial charge is 0.407 e. The maximum absolute atomic E-state index is 13.8. The highest BCUT2D eigenvalue weighted by atomic mass is 19.1. The monoisotopic (exact) mass is 345 g/mol. The molecule has 0 heterocycles. The normalized spacial score (nSPS) is 13.9. The summed E-state index contributed by atoms with van der Waals surface area (Å²) in [5.74, 6) is -1.01. The number of carbonyl (C=O) groups is 1. The molecule has 134 valence electrons. The number of nitrogen functional groups attached to an aromatic ring is 1. The summed E-state index contributed by atoms with van der Waals surface area (Å²) in [6.07, 6.45) is -4.26. The lowest BCUT2D eigenvalue weighted by atomic mass is 10.0. The molecular weight excluding hydrogens is 325 g/mol. The van der Waals surface area contributed by atoms with Crippen LogP contribution in [-0.4, -0.2) is 39.5 Å². The van der Waals surface area contributed by atoms with Crippen LogP contribution in [0.1, 0.15) is 32.4 Å². The van der Waals surface area contributed by atoms with E-state index in [4.69, 9.17) is 10.5 Å². The minimum absolute atomic E-state index is 0.408. The Kier molecular flexibility index (Phi) is 6.04. The Morgan fingerprint density at radius 2 is 2.04 bits per heavy atom. The van der Waals surface area contributed by atoms with Crippen LogP contribution in [0.25, 0.3) is 0 Å². The molecule has 1 rings (SSSR count). The van der Waals surface area contributed by atoms with Crippen molar-refractivity contribution in [1.82, 2.24) is 5.32 Å². The first-order valence-corrected chi connectivity index (χ1v) is 6.98. The SMILES string of the molecule is CC(C)(C)OC(=O)NCC(O)C(O)c1cc([N+](=O)[O-])c(N)cc1F. The number of benzene rings is 1. The second-order valence-corrected chi connectivity index (χ2v) is 6.08. The Bertz CT molecular complexity index is 632. The van der Waals surface area contributed by atoms with Crippen molar-refractivity contribution >= 4 is 17.5 Å². The van der Waals surface area contributed by atoms with Crippen molar-refractivity contribution in [3.8, 4) is 0 Å². The van der Waals surface area contributed by atoms with E-state index in [9.17, 15) is 29.5 Å². The quantitative estimate of drug-likeness (QED) is 0.356. The summed E-state index contributed by atoms with van der Waals surface area (Å²) in [7, 11) is 0. The number of carbonyl (C=O) groups excluding carboxylic acids is 1. The van der Waals surface area contributed by atoms with Gasteiger partial charge in [-0.2, -0.15) is 0 Å². The van der Waals surface area contributed by atoms with Gasteiger partial charge in [-0.1, -0.05) is 0 Å². The molecule has 2 atom stereocenters. The van der Waals surface area contributed by atoms with Gasteiger partial charge in [-0.25, -0.2) is 9.18 Å². The average Bonchev–Trinajstić information content (AvgIpc) is 2.41. The topological polar surface area (TPSA) is 148 Å². The van der Waals surface area contributed by atoms with Gasteiger partial charge in [0.15, 0.2) is 0 Å². The second-order valence-electron chi connectivity index (χ2n) is 6.08. The van der Waals surface area contributed by atoms with Crippen molar-refractivity contribution in [3.63, 3.8) is 0 Å². The molecule has 0 fully saturated rings. The number of rotatable bonds is 5. The Morgan fingerprint density at radius 3 is 2.54 bits per heavy atom. The zero-order valence-corrected chi connectivity index (χ0v) is 13.4. The number of hydrogen-bond donors (Lipinski definition) is 4. The van der Waals surface area contributed by atoms with E-state index in [1.807, 2.05) is 0 Å². The van der Waals surface area contributed by atoms with Gasteiger partial charge in [0.05, 0.1) is 4.92 Å². The molecule has 1 aromatic rings. The number of nitro groups is 1. The summed E-state index contributed by atoms with van der Waals surface area (Å²) in [5.41, 5.74) is 3.06. The molecule has 0 spiro atoms. The van der Waals surface area contributed by atoms with Gasteiger partial charge in [-0.05, 0) is 20.8 Å². The molecule has 0 bridgehead atoms. The van der Waals surface area contributed by atoms with Crippen LogP contribution >= 0.6 is 0 Å². The highest BCUT2D eigenvalue weighted by molar-refractivity contribution is 5.67. The average molecular weight is 345 g/mol. The predicted molar refractivity (Wildman–Crippen MR) is 82.7 cm³/mol. The summed E-state index contributed by atoms with van der Waals surface area (Å²) in [5, 5.41) is 32.8. The first-order valence-electron chi connectivity index (χ1n) is 6.98. The Balaban J connectivity index is 2.82. The van der Waals surface area contributed by atoms with E-state index >= 15 is 0 Å². The molecule has 0 radical (unpaired) electrons. The molecular formula is C14H20FN3O6. The lowest BCUT2D eigenvalue weighted by molar-refractivity contribution is -0.384. The van der Waals surface area contributed by atoms with Crippen LogP contribution in [0, 0.1) is 15.9 Å². The number of nitrogens with zero attached hydrogens (tertiary/aromatic N) is 1. The fourth-order valence-corrected chi connectivity index (χ4v) is 1.80. The van der Waals surface area contributed by atoms with Crippen LogP contribution < -0.4 is 11.1 Å². The number of halogens is 1. The van der Waals surface area contributed by atoms with Gasteiger partial charge in [0, 0.05) is 24.2 Å². The van der Waals surface area contributed by atoms with E-state index in [0.29, 0.717) is 6.07 Å². The number of amides is 1. The van der Waals surface area contributed by atoms with Crippen molar-refractivity contribution in [3.05, 3.63) is 33.6 Å². The van der Waals surface area contributed by atoms with Crippen LogP contribution in [0.5, 0.6) is 0 Å². The number of aliphatic hydroxyl groups excluding tert-OH is 2. The van der Waals surface area contributed by atoms with Crippen LogP contribution in [0.3, 0.4) is 0 Å². The number of nitrogens with two attached hydrogens (primary N) is 1. The third kappa shape index (κ3) is 5.32. The van der Waals surface area contributed by atoms with Gasteiger partial charge in [0.25, 0.3) is 5.69 Å². The van der Waals surface area contributed by atoms with E-state index in [1.54, 1.807) is 20.8 Å². The molecule has 9 nitrogen and oxygen atoms in total. The first kappa shape index (κ1) is 19.6. The fourth-order valence-electron chi connectivity index (χ4n) is 1.80. The summed E-state index contributed by atoms with van der Waals surface area (Å²) >= 11 is 0. The summed E-state index contributed by atoms with van der Waals surface area (Å²) < 4.78 is 18.8. The Hall–Kier alpha value is -2.46. The van der Waals surface area contributed by atoms with Gasteiger partial charge in [-0.3, -0.25) is 10.1 Å². The number of ether oxygens (including phenoxy) is 1. The standard InChI is InChI=1S/C14H20FN3O6/c1-14(2,3)24-13(21)17-6-11(19)12(20)7-4-10(18(22)23)9(16)5-8(7)15/h4-5,11-12,19-20H,6,16H2,1-3H3,(H,17,21). The zero-order chi connectivity index (χ0) is 18.7. The van der Waals surface area contributed by atoms with Crippen LogP contribution in [0.2, 0.25) is 0 Å². The molecule has 2 unspecified atom stereocenters. The minimum atomic E-state index is -1.81. The third-order valence-corrected chi connectivity index (χ3v) is 2.88. The lowest BCUT2D eigenvalue weighted by Crippen LogP contribution is -2.39. The first-order chi connectivity index (χ1) is 10.9. The number of nitrogens with one attached hydrogen (secondary N) is 1. The zero-order valence-electron chi connectivity index (χ0n) is 13.4. The van der Waals surface area contributed by atoms with Crippen molar-refractivity contribution in [2.45, 2.75) is 38.6 Å². The van der Waals surface area contributed by atoms with Crippen molar-refractivity contribution in [2.75, 3.05) is 12.3 Å². The van der Waals surface area contributed by atoms with Gasteiger partial charge in [0.1, 0.15) is 29.3 Å². The number of hydrogen-bond acceptors (Lipinski definition) is 7. The predicted octanol–water partition coefficient (Wildman–Crippen LogP) is 1.24. The van der Waals surface area contributed by atoms with Crippen LogP contribution in [-0.2, 0) is 4.74 Å². The number of anilines is 1. The summed E-state index contributed by atoms with van der Waals surface area (Å²) in [4.78, 5) is 21.4. The summed E-state index contributed by atoms with van der Waals surface area (Å²) in [6, 6.07) is 1.43. The molecule has 0 aliphatic rings. The van der Waals surface area contributed by atoms with Gasteiger partial charge in [-0.15, -0.1) is 0 Å². The Labute approximate surface area is 137 Å². The van der Waals surface area contributed by atoms with E-state index in [-0.39, 0.29) is 0 Å². The van der Waals surface area contributed by atoms with Gasteiger partial charge in [0.2, 0.25) is 0 Å². The lowest BCUT2D eigenvalue weighted by Gasteiger charge is -2.22. The summed E-state index contributed by atoms with van der Waals surface area (Å²) in [6.45, 7) is 4.47. The van der Waals surface area contributed by atoms with Crippen molar-refractivity contribution in [2.24, 2.45) is 0 Å². The molecule has 1 amide bonds. The molecule has 1 aromatic carbocycles.